The van der Waals surface area contributed by atoms with E-state index in [2.05, 4.69) is 25.6 Å². The third kappa shape index (κ3) is 3.51. The van der Waals surface area contributed by atoms with E-state index >= 15 is 0 Å². The fourth-order valence-electron chi connectivity index (χ4n) is 1.44. The number of rotatable bonds is 5. The average molecular weight is 263 g/mol. The van der Waals surface area contributed by atoms with Crippen molar-refractivity contribution in [3.8, 4) is 6.01 Å². The maximum absolute atomic E-state index is 13.1. The van der Waals surface area contributed by atoms with Crippen LogP contribution in [0.4, 0.5) is 22.0 Å². The van der Waals surface area contributed by atoms with E-state index in [1.165, 1.54) is 19.2 Å². The van der Waals surface area contributed by atoms with Gasteiger partial charge in [0.2, 0.25) is 11.9 Å². The molecular weight excluding hydrogens is 249 g/mol. The highest BCUT2D eigenvalue weighted by atomic mass is 19.1. The summed E-state index contributed by atoms with van der Waals surface area (Å²) in [6, 6.07) is 6.21. The Labute approximate surface area is 110 Å². The number of hydrogen-bond acceptors (Lipinski definition) is 6. The molecule has 1 aromatic carbocycles. The van der Waals surface area contributed by atoms with Crippen LogP contribution in [0, 0.1) is 5.82 Å². The second kappa shape index (κ2) is 5.94. The van der Waals surface area contributed by atoms with E-state index in [9.17, 15) is 4.39 Å². The number of hydrogen-bond donors (Lipinski definition) is 2. The fourth-order valence-corrected chi connectivity index (χ4v) is 1.44. The zero-order valence-corrected chi connectivity index (χ0v) is 10.6. The number of nitrogens with zero attached hydrogens (tertiary/aromatic N) is 3. The highest BCUT2D eigenvalue weighted by Crippen LogP contribution is 2.17. The molecule has 2 rings (SSSR count). The van der Waals surface area contributed by atoms with Gasteiger partial charge in [-0.05, 0) is 25.1 Å². The number of nitrogens with one attached hydrogen (secondary N) is 2. The van der Waals surface area contributed by atoms with Gasteiger partial charge in [-0.2, -0.15) is 15.0 Å². The predicted octanol–water partition coefficient (Wildman–Crippen LogP) is 2.19. The maximum atomic E-state index is 13.1. The Kier molecular flexibility index (Phi) is 4.07. The van der Waals surface area contributed by atoms with Gasteiger partial charge in [-0.1, -0.05) is 6.07 Å². The van der Waals surface area contributed by atoms with E-state index in [4.69, 9.17) is 4.74 Å². The van der Waals surface area contributed by atoms with Crippen molar-refractivity contribution in [1.82, 2.24) is 15.0 Å². The van der Waals surface area contributed by atoms with Crippen molar-refractivity contribution in [1.29, 1.82) is 0 Å². The molecule has 19 heavy (non-hydrogen) atoms. The molecule has 0 spiro atoms. The van der Waals surface area contributed by atoms with Crippen molar-refractivity contribution < 1.29 is 9.13 Å². The minimum atomic E-state index is -0.335. The molecule has 0 saturated carbocycles. The van der Waals surface area contributed by atoms with Crippen molar-refractivity contribution in [3.05, 3.63) is 30.1 Å². The van der Waals surface area contributed by atoms with Gasteiger partial charge in [0.25, 0.3) is 0 Å². The zero-order chi connectivity index (χ0) is 13.7. The summed E-state index contributed by atoms with van der Waals surface area (Å²) < 4.78 is 18.1. The topological polar surface area (TPSA) is 72.0 Å². The lowest BCUT2D eigenvalue weighted by Gasteiger charge is -2.08. The Morgan fingerprint density at radius 1 is 1.21 bits per heavy atom. The first-order valence-electron chi connectivity index (χ1n) is 5.78. The van der Waals surface area contributed by atoms with Gasteiger partial charge >= 0.3 is 6.01 Å². The van der Waals surface area contributed by atoms with Gasteiger partial charge in [-0.3, -0.25) is 0 Å². The minimum absolute atomic E-state index is 0.185. The van der Waals surface area contributed by atoms with Crippen molar-refractivity contribution in [2.45, 2.75) is 6.92 Å². The highest BCUT2D eigenvalue weighted by Gasteiger charge is 2.06. The summed E-state index contributed by atoms with van der Waals surface area (Å²) in [5, 5.41) is 5.86. The lowest BCUT2D eigenvalue weighted by atomic mass is 10.3. The normalized spacial score (nSPS) is 10.1. The van der Waals surface area contributed by atoms with Crippen LogP contribution in [0.3, 0.4) is 0 Å². The molecule has 0 unspecified atom stereocenters. The second-order valence-corrected chi connectivity index (χ2v) is 3.63. The van der Waals surface area contributed by atoms with Crippen molar-refractivity contribution in [2.75, 3.05) is 24.3 Å². The summed E-state index contributed by atoms with van der Waals surface area (Å²) in [6.45, 7) is 2.60. The smallest absolute Gasteiger partial charge is 0.322 e. The van der Waals surface area contributed by atoms with Crippen LogP contribution < -0.4 is 15.4 Å². The van der Waals surface area contributed by atoms with Crippen LogP contribution in [-0.4, -0.2) is 28.6 Å². The van der Waals surface area contributed by atoms with Crippen molar-refractivity contribution in [3.63, 3.8) is 0 Å². The quantitative estimate of drug-likeness (QED) is 0.861. The zero-order valence-electron chi connectivity index (χ0n) is 10.6. The first kappa shape index (κ1) is 13.0. The van der Waals surface area contributed by atoms with E-state index in [1.54, 1.807) is 12.1 Å². The second-order valence-electron chi connectivity index (χ2n) is 3.63. The molecule has 7 heteroatoms. The Balaban J connectivity index is 2.26. The molecule has 2 aromatic rings. The third-order valence-electron chi connectivity index (χ3n) is 2.21. The molecule has 0 saturated heterocycles. The standard InChI is InChI=1S/C12H14FN5O/c1-3-14-10-16-11(18-12(17-10)19-2)15-9-6-4-5-8(13)7-9/h4-7H,3H2,1-2H3,(H2,14,15,16,17,18). The molecule has 0 aliphatic rings. The lowest BCUT2D eigenvalue weighted by molar-refractivity contribution is 0.379. The van der Waals surface area contributed by atoms with E-state index in [0.29, 0.717) is 18.2 Å². The summed E-state index contributed by atoms with van der Waals surface area (Å²) in [4.78, 5) is 12.2. The molecule has 6 nitrogen and oxygen atoms in total. The van der Waals surface area contributed by atoms with Crippen LogP contribution in [0.1, 0.15) is 6.92 Å². The molecule has 100 valence electrons. The van der Waals surface area contributed by atoms with Gasteiger partial charge in [-0.15, -0.1) is 0 Å². The first-order valence-corrected chi connectivity index (χ1v) is 5.78. The molecule has 0 aliphatic heterocycles. The third-order valence-corrected chi connectivity index (χ3v) is 2.21. The molecule has 1 aromatic heterocycles. The fraction of sp³-hybridized carbons (Fsp3) is 0.250. The van der Waals surface area contributed by atoms with Gasteiger partial charge in [0.15, 0.2) is 0 Å². The summed E-state index contributed by atoms with van der Waals surface area (Å²) in [5.74, 6) is 0.347. The van der Waals surface area contributed by atoms with Gasteiger partial charge in [0.1, 0.15) is 5.82 Å². The molecule has 0 amide bonds. The number of ether oxygens (including phenoxy) is 1. The first-order chi connectivity index (χ1) is 9.21. The minimum Gasteiger partial charge on any atom is -0.467 e. The molecule has 0 radical (unpaired) electrons. The number of anilines is 3. The van der Waals surface area contributed by atoms with E-state index < -0.39 is 0 Å². The lowest BCUT2D eigenvalue weighted by Crippen LogP contribution is -2.07. The SMILES string of the molecule is CCNc1nc(Nc2cccc(F)c2)nc(OC)n1. The highest BCUT2D eigenvalue weighted by molar-refractivity contribution is 5.54. The summed E-state index contributed by atoms with van der Waals surface area (Å²) in [5.41, 5.74) is 0.552. The number of halogens is 1. The Morgan fingerprint density at radius 2 is 2.00 bits per heavy atom. The Hall–Kier alpha value is -2.44. The van der Waals surface area contributed by atoms with Gasteiger partial charge in [0, 0.05) is 12.2 Å². The summed E-state index contributed by atoms with van der Waals surface area (Å²) in [7, 11) is 1.47. The monoisotopic (exact) mass is 263 g/mol. The maximum Gasteiger partial charge on any atom is 0.322 e. The van der Waals surface area contributed by atoms with E-state index in [0.717, 1.165) is 0 Å². The van der Waals surface area contributed by atoms with Crippen LogP contribution >= 0.6 is 0 Å². The number of benzene rings is 1. The van der Waals surface area contributed by atoms with Crippen LogP contribution in [-0.2, 0) is 0 Å². The van der Waals surface area contributed by atoms with Crippen molar-refractivity contribution in [2.24, 2.45) is 0 Å². The van der Waals surface area contributed by atoms with Gasteiger partial charge in [-0.25, -0.2) is 4.39 Å². The molecule has 1 heterocycles. The molecule has 0 bridgehead atoms. The average Bonchev–Trinajstić information content (AvgIpc) is 2.39. The number of methoxy groups -OCH3 is 1. The van der Waals surface area contributed by atoms with Crippen molar-refractivity contribution >= 4 is 17.6 Å². The molecule has 0 fully saturated rings. The molecule has 0 aliphatic carbocycles. The number of aromatic nitrogens is 3. The van der Waals surface area contributed by atoms with Crippen LogP contribution in [0.2, 0.25) is 0 Å². The largest absolute Gasteiger partial charge is 0.467 e. The predicted molar refractivity (Wildman–Crippen MR) is 70.2 cm³/mol. The Morgan fingerprint density at radius 3 is 2.68 bits per heavy atom. The Bertz CT molecular complexity index is 564. The van der Waals surface area contributed by atoms with E-state index in [1.807, 2.05) is 6.92 Å². The summed E-state index contributed by atoms with van der Waals surface area (Å²) >= 11 is 0. The van der Waals surface area contributed by atoms with Crippen LogP contribution in [0.25, 0.3) is 0 Å². The molecule has 2 N–H and O–H groups in total. The van der Waals surface area contributed by atoms with E-state index in [-0.39, 0.29) is 17.8 Å². The van der Waals surface area contributed by atoms with Gasteiger partial charge in [0.05, 0.1) is 7.11 Å². The van der Waals surface area contributed by atoms with Crippen LogP contribution in [0.5, 0.6) is 6.01 Å². The van der Waals surface area contributed by atoms with Crippen LogP contribution in [0.15, 0.2) is 24.3 Å². The molecular formula is C12H14FN5O. The molecule has 0 atom stereocenters. The summed E-state index contributed by atoms with van der Waals surface area (Å²) in [6.07, 6.45) is 0. The van der Waals surface area contributed by atoms with Gasteiger partial charge < -0.3 is 15.4 Å².